The first-order valence-corrected chi connectivity index (χ1v) is 11.5. The smallest absolute Gasteiger partial charge is 0.274 e. The first-order chi connectivity index (χ1) is 14.7. The van der Waals surface area contributed by atoms with Gasteiger partial charge in [0.1, 0.15) is 0 Å². The number of benzene rings is 2. The van der Waals surface area contributed by atoms with Crippen molar-refractivity contribution in [1.29, 1.82) is 0 Å². The Morgan fingerprint density at radius 2 is 1.65 bits per heavy atom. The molecule has 3 rings (SSSR count). The Balaban J connectivity index is 1.85. The Hall–Kier alpha value is -3.04. The number of hydrogen-bond acceptors (Lipinski definition) is 5. The van der Waals surface area contributed by atoms with Gasteiger partial charge in [-0.3, -0.25) is 9.59 Å². The molecule has 1 aromatic heterocycles. The SMILES string of the molecule is CCN(CC)S(=O)(=O)c1ccc(C(C)NC(=O)c2nn(C)c(=O)c3ccccc23)cc1. The van der Waals surface area contributed by atoms with E-state index in [1.807, 2.05) is 0 Å². The van der Waals surface area contributed by atoms with Crippen molar-refractivity contribution in [3.8, 4) is 0 Å². The summed E-state index contributed by atoms with van der Waals surface area (Å²) in [7, 11) is -2.04. The lowest BCUT2D eigenvalue weighted by molar-refractivity contribution is 0.0934. The van der Waals surface area contributed by atoms with Crippen molar-refractivity contribution in [2.75, 3.05) is 13.1 Å². The van der Waals surface area contributed by atoms with Gasteiger partial charge >= 0.3 is 0 Å². The van der Waals surface area contributed by atoms with Gasteiger partial charge in [0, 0.05) is 25.5 Å². The molecular formula is C22H26N4O4S. The Morgan fingerprint density at radius 1 is 1.06 bits per heavy atom. The number of nitrogens with zero attached hydrogens (tertiary/aromatic N) is 3. The number of rotatable bonds is 7. The predicted molar refractivity (Wildman–Crippen MR) is 119 cm³/mol. The van der Waals surface area contributed by atoms with Crippen molar-refractivity contribution in [3.63, 3.8) is 0 Å². The lowest BCUT2D eigenvalue weighted by atomic mass is 10.1. The number of aromatic nitrogens is 2. The van der Waals surface area contributed by atoms with Gasteiger partial charge in [-0.1, -0.05) is 44.2 Å². The topological polar surface area (TPSA) is 101 Å². The molecule has 2 aromatic carbocycles. The minimum atomic E-state index is -3.54. The second-order valence-electron chi connectivity index (χ2n) is 7.18. The predicted octanol–water partition coefficient (Wildman–Crippen LogP) is 2.46. The van der Waals surface area contributed by atoms with E-state index in [0.29, 0.717) is 23.9 Å². The molecule has 0 saturated carbocycles. The van der Waals surface area contributed by atoms with E-state index in [0.717, 1.165) is 10.2 Å². The van der Waals surface area contributed by atoms with E-state index in [9.17, 15) is 18.0 Å². The molecule has 1 heterocycles. The minimum absolute atomic E-state index is 0.158. The first kappa shape index (κ1) is 22.6. The fraction of sp³-hybridized carbons (Fsp3) is 0.318. The van der Waals surface area contributed by atoms with E-state index < -0.39 is 22.0 Å². The third-order valence-electron chi connectivity index (χ3n) is 5.24. The number of aryl methyl sites for hydroxylation is 1. The normalized spacial score (nSPS) is 12.8. The lowest BCUT2D eigenvalue weighted by Gasteiger charge is -2.19. The third-order valence-corrected chi connectivity index (χ3v) is 7.31. The van der Waals surface area contributed by atoms with Crippen LogP contribution in [0.4, 0.5) is 0 Å². The van der Waals surface area contributed by atoms with Gasteiger partial charge in [0.2, 0.25) is 10.0 Å². The molecule has 0 aliphatic carbocycles. The van der Waals surface area contributed by atoms with E-state index in [1.165, 1.54) is 11.4 Å². The second kappa shape index (κ2) is 8.99. The highest BCUT2D eigenvalue weighted by Gasteiger charge is 2.22. The molecule has 9 heteroatoms. The maximum Gasteiger partial charge on any atom is 0.274 e. The average molecular weight is 443 g/mol. The molecule has 3 aromatic rings. The molecule has 0 bridgehead atoms. The Bertz CT molecular complexity index is 1260. The number of hydrogen-bond donors (Lipinski definition) is 1. The lowest BCUT2D eigenvalue weighted by Crippen LogP contribution is -2.31. The molecule has 1 amide bonds. The van der Waals surface area contributed by atoms with Crippen LogP contribution in [0.2, 0.25) is 0 Å². The van der Waals surface area contributed by atoms with Crippen LogP contribution in [0.15, 0.2) is 58.2 Å². The summed E-state index contributed by atoms with van der Waals surface area (Å²) >= 11 is 0. The number of carbonyl (C=O) groups excluding carboxylic acids is 1. The van der Waals surface area contributed by atoms with E-state index in [1.54, 1.807) is 69.3 Å². The van der Waals surface area contributed by atoms with Crippen LogP contribution in [0.3, 0.4) is 0 Å². The van der Waals surface area contributed by atoms with Crippen molar-refractivity contribution < 1.29 is 13.2 Å². The van der Waals surface area contributed by atoms with Crippen LogP contribution in [0.1, 0.15) is 42.9 Å². The summed E-state index contributed by atoms with van der Waals surface area (Å²) in [6.45, 7) is 6.19. The van der Waals surface area contributed by atoms with Gasteiger partial charge in [0.05, 0.1) is 16.3 Å². The zero-order valence-electron chi connectivity index (χ0n) is 18.0. The summed E-state index contributed by atoms with van der Waals surface area (Å²) in [5, 5.41) is 7.92. The van der Waals surface area contributed by atoms with Gasteiger partial charge in [0.15, 0.2) is 5.69 Å². The molecule has 0 saturated heterocycles. The molecule has 0 aliphatic rings. The summed E-state index contributed by atoms with van der Waals surface area (Å²) in [4.78, 5) is 25.4. The molecule has 0 fully saturated rings. The standard InChI is InChI=1S/C22H26N4O4S/c1-5-26(6-2)31(29,30)17-13-11-16(12-14-17)15(3)23-21(27)20-18-9-7-8-10-19(18)22(28)25(4)24-20/h7-15H,5-6H2,1-4H3,(H,23,27). The second-order valence-corrected chi connectivity index (χ2v) is 9.11. The quantitative estimate of drug-likeness (QED) is 0.606. The van der Waals surface area contributed by atoms with Gasteiger partial charge < -0.3 is 5.32 Å². The maximum absolute atomic E-state index is 12.9. The number of carbonyl (C=O) groups is 1. The highest BCUT2D eigenvalue weighted by Crippen LogP contribution is 2.20. The van der Waals surface area contributed by atoms with E-state index in [4.69, 9.17) is 0 Å². The van der Waals surface area contributed by atoms with Crippen molar-refractivity contribution in [2.45, 2.75) is 31.7 Å². The molecule has 0 spiro atoms. The molecule has 0 aliphatic heterocycles. The first-order valence-electron chi connectivity index (χ1n) is 10.1. The highest BCUT2D eigenvalue weighted by molar-refractivity contribution is 7.89. The van der Waals surface area contributed by atoms with Crippen LogP contribution in [-0.4, -0.2) is 41.5 Å². The van der Waals surface area contributed by atoms with Crippen LogP contribution in [0, 0.1) is 0 Å². The Labute approximate surface area is 181 Å². The van der Waals surface area contributed by atoms with Crippen molar-refractivity contribution in [2.24, 2.45) is 7.05 Å². The summed E-state index contributed by atoms with van der Waals surface area (Å²) in [5.74, 6) is -0.417. The number of nitrogens with one attached hydrogen (secondary N) is 1. The van der Waals surface area contributed by atoms with Crippen LogP contribution >= 0.6 is 0 Å². The van der Waals surface area contributed by atoms with Gasteiger partial charge in [0.25, 0.3) is 11.5 Å². The Morgan fingerprint density at radius 3 is 2.23 bits per heavy atom. The summed E-state index contributed by atoms with van der Waals surface area (Å²) in [6.07, 6.45) is 0. The monoisotopic (exact) mass is 442 g/mol. The average Bonchev–Trinajstić information content (AvgIpc) is 2.77. The van der Waals surface area contributed by atoms with E-state index >= 15 is 0 Å². The minimum Gasteiger partial charge on any atom is -0.344 e. The van der Waals surface area contributed by atoms with E-state index in [-0.39, 0.29) is 16.1 Å². The maximum atomic E-state index is 12.9. The van der Waals surface area contributed by atoms with Gasteiger partial charge in [-0.05, 0) is 30.7 Å². The summed E-state index contributed by atoms with van der Waals surface area (Å²) < 4.78 is 27.8. The molecule has 31 heavy (non-hydrogen) atoms. The molecular weight excluding hydrogens is 416 g/mol. The van der Waals surface area contributed by atoms with Gasteiger partial charge in [-0.15, -0.1) is 0 Å². The van der Waals surface area contributed by atoms with Crippen LogP contribution in [0.25, 0.3) is 10.8 Å². The summed E-state index contributed by atoms with van der Waals surface area (Å²) in [6, 6.07) is 12.9. The molecule has 1 N–H and O–H groups in total. The molecule has 8 nitrogen and oxygen atoms in total. The summed E-state index contributed by atoms with van der Waals surface area (Å²) in [5.41, 5.74) is 0.636. The molecule has 164 valence electrons. The largest absolute Gasteiger partial charge is 0.344 e. The van der Waals surface area contributed by atoms with Gasteiger partial charge in [-0.25, -0.2) is 13.1 Å². The number of fused-ring (bicyclic) bond motifs is 1. The van der Waals surface area contributed by atoms with Crippen LogP contribution in [0.5, 0.6) is 0 Å². The number of sulfonamides is 1. The highest BCUT2D eigenvalue weighted by atomic mass is 32.2. The molecule has 1 unspecified atom stereocenters. The third kappa shape index (κ3) is 4.38. The van der Waals surface area contributed by atoms with Crippen LogP contribution in [-0.2, 0) is 17.1 Å². The van der Waals surface area contributed by atoms with Crippen molar-refractivity contribution in [3.05, 3.63) is 70.1 Å². The zero-order valence-corrected chi connectivity index (χ0v) is 18.8. The van der Waals surface area contributed by atoms with Gasteiger partial charge in [-0.2, -0.15) is 9.40 Å². The van der Waals surface area contributed by atoms with E-state index in [2.05, 4.69) is 10.4 Å². The molecule has 0 radical (unpaired) electrons. The fourth-order valence-electron chi connectivity index (χ4n) is 3.46. The molecule has 1 atom stereocenters. The zero-order chi connectivity index (χ0) is 22.8. The van der Waals surface area contributed by atoms with Crippen molar-refractivity contribution >= 4 is 26.7 Å². The Kier molecular flexibility index (Phi) is 6.56. The number of amides is 1. The van der Waals surface area contributed by atoms with Crippen molar-refractivity contribution in [1.82, 2.24) is 19.4 Å². The van der Waals surface area contributed by atoms with Crippen LogP contribution < -0.4 is 10.9 Å². The fourth-order valence-corrected chi connectivity index (χ4v) is 4.91.